The number of hydrogen-bond acceptors (Lipinski definition) is 6. The van der Waals surface area contributed by atoms with E-state index in [1.165, 1.54) is 5.56 Å². The first-order chi connectivity index (χ1) is 18.2. The first-order valence-electron chi connectivity index (χ1n) is 11.8. The number of aryl methyl sites for hydroxylation is 3. The van der Waals surface area contributed by atoms with E-state index >= 15 is 0 Å². The average Bonchev–Trinajstić information content (AvgIpc) is 3.13. The van der Waals surface area contributed by atoms with Crippen molar-refractivity contribution in [1.29, 1.82) is 0 Å². The standard InChI is InChI=1S/C29H27IN2O5S/c1-17-8-10-20(11-9-17)16-37-27-22(30)12-21(13-23(27)36-4)14-24-28(34)32(29(35)38-24)15-25(33)31-26-18(2)6-5-7-19(26)3/h5-14H,15-16H2,1-4H3,(H,31,33)/b24-14-. The number of rotatable bonds is 8. The van der Waals surface area contributed by atoms with E-state index in [9.17, 15) is 14.4 Å². The number of amides is 3. The van der Waals surface area contributed by atoms with Crippen molar-refractivity contribution >= 4 is 63.2 Å². The molecule has 4 rings (SSSR count). The number of halogens is 1. The van der Waals surface area contributed by atoms with Crippen LogP contribution in [0, 0.1) is 24.3 Å². The van der Waals surface area contributed by atoms with Crippen molar-refractivity contribution < 1.29 is 23.9 Å². The fourth-order valence-electron chi connectivity index (χ4n) is 3.92. The van der Waals surface area contributed by atoms with E-state index in [-0.39, 0.29) is 11.4 Å². The van der Waals surface area contributed by atoms with Gasteiger partial charge in [-0.25, -0.2) is 0 Å². The van der Waals surface area contributed by atoms with Crippen LogP contribution >= 0.6 is 34.4 Å². The zero-order valence-corrected chi connectivity index (χ0v) is 24.4. The Labute approximate surface area is 239 Å². The van der Waals surface area contributed by atoms with E-state index in [1.54, 1.807) is 19.3 Å². The summed E-state index contributed by atoms with van der Waals surface area (Å²) in [5.74, 6) is 0.173. The Bertz CT molecular complexity index is 1420. The van der Waals surface area contributed by atoms with Crippen LogP contribution in [0.3, 0.4) is 0 Å². The molecule has 0 spiro atoms. The molecule has 0 unspecified atom stereocenters. The normalized spacial score (nSPS) is 14.2. The Morgan fingerprint density at radius 3 is 2.39 bits per heavy atom. The highest BCUT2D eigenvalue weighted by molar-refractivity contribution is 14.1. The zero-order valence-electron chi connectivity index (χ0n) is 21.5. The second-order valence-electron chi connectivity index (χ2n) is 8.89. The van der Waals surface area contributed by atoms with Gasteiger partial charge in [0.1, 0.15) is 13.2 Å². The summed E-state index contributed by atoms with van der Waals surface area (Å²) in [5, 5.41) is 2.33. The molecule has 1 heterocycles. The smallest absolute Gasteiger partial charge is 0.294 e. The van der Waals surface area contributed by atoms with Crippen LogP contribution in [0.5, 0.6) is 11.5 Å². The van der Waals surface area contributed by atoms with Crippen LogP contribution in [0.25, 0.3) is 6.08 Å². The predicted molar refractivity (Wildman–Crippen MR) is 158 cm³/mol. The third kappa shape index (κ3) is 6.39. The summed E-state index contributed by atoms with van der Waals surface area (Å²) in [6, 6.07) is 17.4. The molecule has 0 atom stereocenters. The van der Waals surface area contributed by atoms with E-state index in [4.69, 9.17) is 9.47 Å². The fraction of sp³-hybridized carbons (Fsp3) is 0.207. The van der Waals surface area contributed by atoms with Gasteiger partial charge in [-0.1, -0.05) is 48.0 Å². The van der Waals surface area contributed by atoms with Gasteiger partial charge in [-0.15, -0.1) is 0 Å². The number of nitrogens with one attached hydrogen (secondary N) is 1. The number of carbonyl (C=O) groups is 3. The van der Waals surface area contributed by atoms with Crippen molar-refractivity contribution in [2.24, 2.45) is 0 Å². The summed E-state index contributed by atoms with van der Waals surface area (Å²) in [6.45, 7) is 5.84. The quantitative estimate of drug-likeness (QED) is 0.224. The largest absolute Gasteiger partial charge is 0.493 e. The fourth-order valence-corrected chi connectivity index (χ4v) is 5.54. The monoisotopic (exact) mass is 642 g/mol. The van der Waals surface area contributed by atoms with E-state index in [0.717, 1.165) is 36.9 Å². The maximum atomic E-state index is 13.0. The van der Waals surface area contributed by atoms with Crippen LogP contribution in [0.2, 0.25) is 0 Å². The third-order valence-electron chi connectivity index (χ3n) is 5.97. The summed E-state index contributed by atoms with van der Waals surface area (Å²) >= 11 is 2.97. The van der Waals surface area contributed by atoms with Gasteiger partial charge >= 0.3 is 0 Å². The lowest BCUT2D eigenvalue weighted by atomic mass is 10.1. The minimum atomic E-state index is -0.509. The van der Waals surface area contributed by atoms with Gasteiger partial charge in [-0.2, -0.15) is 0 Å². The Kier molecular flexibility index (Phi) is 8.78. The first kappa shape index (κ1) is 27.7. The van der Waals surface area contributed by atoms with Crippen molar-refractivity contribution in [1.82, 2.24) is 4.90 Å². The number of nitrogens with zero attached hydrogens (tertiary/aromatic N) is 1. The molecule has 0 saturated carbocycles. The van der Waals surface area contributed by atoms with Crippen LogP contribution < -0.4 is 14.8 Å². The molecule has 0 aliphatic carbocycles. The van der Waals surface area contributed by atoms with E-state index < -0.39 is 17.1 Å². The van der Waals surface area contributed by atoms with Gasteiger partial charge in [-0.3, -0.25) is 19.3 Å². The van der Waals surface area contributed by atoms with Gasteiger partial charge in [0.15, 0.2) is 11.5 Å². The number of benzene rings is 3. The van der Waals surface area contributed by atoms with Gasteiger partial charge in [-0.05, 0) is 95.6 Å². The first-order valence-corrected chi connectivity index (χ1v) is 13.7. The molecule has 0 bridgehead atoms. The molecule has 1 aliphatic heterocycles. The van der Waals surface area contributed by atoms with E-state index in [0.29, 0.717) is 29.4 Å². The summed E-state index contributed by atoms with van der Waals surface area (Å²) < 4.78 is 12.4. The lowest BCUT2D eigenvalue weighted by Gasteiger charge is -2.15. The summed E-state index contributed by atoms with van der Waals surface area (Å²) in [5.41, 5.74) is 5.39. The second-order valence-corrected chi connectivity index (χ2v) is 11.0. The minimum Gasteiger partial charge on any atom is -0.493 e. The molecule has 0 radical (unpaired) electrons. The lowest BCUT2D eigenvalue weighted by Crippen LogP contribution is -2.36. The van der Waals surface area contributed by atoms with Crippen LogP contribution in [-0.2, 0) is 16.2 Å². The van der Waals surface area contributed by atoms with Crippen molar-refractivity contribution in [3.05, 3.63) is 90.9 Å². The third-order valence-corrected chi connectivity index (χ3v) is 7.68. The number of hydrogen-bond donors (Lipinski definition) is 1. The Morgan fingerprint density at radius 1 is 1.05 bits per heavy atom. The topological polar surface area (TPSA) is 84.9 Å². The number of imide groups is 1. The van der Waals surface area contributed by atoms with E-state index in [1.807, 2.05) is 69.3 Å². The molecular weight excluding hydrogens is 615 g/mol. The maximum absolute atomic E-state index is 13.0. The number of ether oxygens (including phenoxy) is 2. The molecule has 38 heavy (non-hydrogen) atoms. The summed E-state index contributed by atoms with van der Waals surface area (Å²) in [7, 11) is 1.55. The highest BCUT2D eigenvalue weighted by atomic mass is 127. The maximum Gasteiger partial charge on any atom is 0.294 e. The predicted octanol–water partition coefficient (Wildman–Crippen LogP) is 6.48. The van der Waals surface area contributed by atoms with Crippen LogP contribution in [0.15, 0.2) is 59.5 Å². The Morgan fingerprint density at radius 2 is 1.74 bits per heavy atom. The number of methoxy groups -OCH3 is 1. The Hall–Kier alpha value is -3.31. The highest BCUT2D eigenvalue weighted by Crippen LogP contribution is 2.37. The Balaban J connectivity index is 1.48. The van der Waals surface area contributed by atoms with Crippen LogP contribution in [0.1, 0.15) is 27.8 Å². The second kappa shape index (κ2) is 12.0. The molecule has 3 amide bonds. The van der Waals surface area contributed by atoms with Gasteiger partial charge in [0.05, 0.1) is 15.6 Å². The van der Waals surface area contributed by atoms with Gasteiger partial charge < -0.3 is 14.8 Å². The van der Waals surface area contributed by atoms with E-state index in [2.05, 4.69) is 27.9 Å². The molecular formula is C29H27IN2O5S. The lowest BCUT2D eigenvalue weighted by molar-refractivity contribution is -0.127. The number of carbonyl (C=O) groups excluding carboxylic acids is 3. The molecule has 0 aromatic heterocycles. The van der Waals surface area contributed by atoms with Crippen molar-refractivity contribution in [2.45, 2.75) is 27.4 Å². The molecule has 1 N–H and O–H groups in total. The number of para-hydroxylation sites is 1. The molecule has 1 aliphatic rings. The number of anilines is 1. The minimum absolute atomic E-state index is 0.237. The highest BCUT2D eigenvalue weighted by Gasteiger charge is 2.36. The molecule has 1 saturated heterocycles. The average molecular weight is 643 g/mol. The van der Waals surface area contributed by atoms with Crippen molar-refractivity contribution in [3.8, 4) is 11.5 Å². The zero-order chi connectivity index (χ0) is 27.4. The summed E-state index contributed by atoms with van der Waals surface area (Å²) in [4.78, 5) is 39.5. The van der Waals surface area contributed by atoms with Gasteiger partial charge in [0.2, 0.25) is 5.91 Å². The van der Waals surface area contributed by atoms with Crippen molar-refractivity contribution in [2.75, 3.05) is 19.0 Å². The SMILES string of the molecule is COc1cc(/C=C2\SC(=O)N(CC(=O)Nc3c(C)cccc3C)C2=O)cc(I)c1OCc1ccc(C)cc1. The van der Waals surface area contributed by atoms with Gasteiger partial charge in [0, 0.05) is 5.69 Å². The molecule has 9 heteroatoms. The number of thioether (sulfide) groups is 1. The van der Waals surface area contributed by atoms with Crippen LogP contribution in [-0.4, -0.2) is 35.6 Å². The molecule has 196 valence electrons. The molecule has 1 fully saturated rings. The van der Waals surface area contributed by atoms with Crippen LogP contribution in [0.4, 0.5) is 10.5 Å². The van der Waals surface area contributed by atoms with Gasteiger partial charge in [0.25, 0.3) is 11.1 Å². The summed E-state index contributed by atoms with van der Waals surface area (Å²) in [6.07, 6.45) is 1.63. The molecule has 3 aromatic carbocycles. The molecule has 3 aromatic rings. The molecule has 7 nitrogen and oxygen atoms in total. The van der Waals surface area contributed by atoms with Crippen molar-refractivity contribution in [3.63, 3.8) is 0 Å².